The van der Waals surface area contributed by atoms with E-state index in [1.54, 1.807) is 6.92 Å². The second kappa shape index (κ2) is 3.35. The smallest absolute Gasteiger partial charge is 0.151 e. The molecular weight excluding hydrogens is 140 g/mol. The van der Waals surface area contributed by atoms with E-state index < -0.39 is 5.60 Å². The van der Waals surface area contributed by atoms with Crippen LogP contribution in [0.5, 0.6) is 0 Å². The van der Waals surface area contributed by atoms with E-state index in [4.69, 9.17) is 0 Å². The number of aliphatic hydroxyl groups is 1. The van der Waals surface area contributed by atoms with Crippen molar-refractivity contribution < 1.29 is 9.90 Å². The predicted molar refractivity (Wildman–Crippen MR) is 45.4 cm³/mol. The molecule has 1 N–H and O–H groups in total. The highest BCUT2D eigenvalue weighted by molar-refractivity contribution is 5.60. The van der Waals surface area contributed by atoms with Crippen molar-refractivity contribution in [3.63, 3.8) is 0 Å². The van der Waals surface area contributed by atoms with Gasteiger partial charge in [0.2, 0.25) is 0 Å². The van der Waals surface area contributed by atoms with Gasteiger partial charge in [0.15, 0.2) is 6.29 Å². The lowest BCUT2D eigenvalue weighted by atomic mass is 9.86. The fourth-order valence-corrected chi connectivity index (χ4v) is 0.687. The van der Waals surface area contributed by atoms with E-state index in [-0.39, 0.29) is 5.41 Å². The highest BCUT2D eigenvalue weighted by Gasteiger charge is 2.22. The Morgan fingerprint density at radius 2 is 1.64 bits per heavy atom. The Hall–Kier alpha value is -0.370. The van der Waals surface area contributed by atoms with Crippen LogP contribution in [0.2, 0.25) is 0 Å². The molecule has 2 nitrogen and oxygen atoms in total. The normalized spacial score (nSPS) is 17.5. The molecule has 0 aromatic heterocycles. The lowest BCUT2D eigenvalue weighted by Gasteiger charge is -2.23. The maximum Gasteiger partial charge on any atom is 0.151 e. The van der Waals surface area contributed by atoms with Crippen molar-refractivity contribution in [2.75, 3.05) is 0 Å². The number of carbonyl (C=O) groups excluding carboxylic acids is 1. The molecule has 1 atom stereocenters. The largest absolute Gasteiger partial charge is 0.383 e. The van der Waals surface area contributed by atoms with Gasteiger partial charge in [-0.15, -0.1) is 0 Å². The lowest BCUT2D eigenvalue weighted by Crippen LogP contribution is -2.27. The molecule has 0 bridgehead atoms. The molecule has 0 aliphatic heterocycles. The quantitative estimate of drug-likeness (QED) is 0.635. The molecule has 11 heavy (non-hydrogen) atoms. The zero-order valence-corrected chi connectivity index (χ0v) is 7.85. The van der Waals surface area contributed by atoms with E-state index >= 15 is 0 Å². The van der Waals surface area contributed by atoms with Crippen LogP contribution in [0.3, 0.4) is 0 Å². The molecular formula is C9H18O2. The molecule has 1 unspecified atom stereocenters. The average molecular weight is 158 g/mol. The highest BCUT2D eigenvalue weighted by atomic mass is 16.3. The molecule has 2 heteroatoms. The van der Waals surface area contributed by atoms with Gasteiger partial charge in [0.05, 0.1) is 0 Å². The summed E-state index contributed by atoms with van der Waals surface area (Å²) in [5.41, 5.74) is -0.944. The maximum atomic E-state index is 10.3. The number of hydrogen-bond donors (Lipinski definition) is 1. The summed E-state index contributed by atoms with van der Waals surface area (Å²) in [4.78, 5) is 10.3. The van der Waals surface area contributed by atoms with Crippen LogP contribution in [0.1, 0.15) is 40.5 Å². The Morgan fingerprint density at radius 3 is 1.91 bits per heavy atom. The second-order valence-corrected chi connectivity index (χ2v) is 4.54. The molecule has 0 saturated carbocycles. The van der Waals surface area contributed by atoms with Crippen molar-refractivity contribution in [1.29, 1.82) is 0 Å². The standard InChI is InChI=1S/C9H18O2/c1-8(2,3)5-6-9(4,11)7-10/h7,11H,5-6H2,1-4H3. The molecule has 0 rings (SSSR count). The van der Waals surface area contributed by atoms with E-state index in [1.165, 1.54) is 0 Å². The predicted octanol–water partition coefficient (Wildman–Crippen LogP) is 1.76. The van der Waals surface area contributed by atoms with Crippen LogP contribution >= 0.6 is 0 Å². The Balaban J connectivity index is 3.79. The van der Waals surface area contributed by atoms with E-state index in [2.05, 4.69) is 20.8 Å². The second-order valence-electron chi connectivity index (χ2n) is 4.54. The minimum atomic E-state index is -1.13. The van der Waals surface area contributed by atoms with Gasteiger partial charge in [-0.1, -0.05) is 20.8 Å². The van der Waals surface area contributed by atoms with Gasteiger partial charge in [-0.3, -0.25) is 0 Å². The lowest BCUT2D eigenvalue weighted by molar-refractivity contribution is -0.123. The van der Waals surface area contributed by atoms with Crippen LogP contribution in [0.4, 0.5) is 0 Å². The molecule has 0 aliphatic rings. The minimum absolute atomic E-state index is 0.188. The third-order valence-electron chi connectivity index (χ3n) is 1.64. The molecule has 0 radical (unpaired) electrons. The summed E-state index contributed by atoms with van der Waals surface area (Å²) in [6, 6.07) is 0. The zero-order chi connectivity index (χ0) is 9.12. The van der Waals surface area contributed by atoms with Crippen LogP contribution in [-0.4, -0.2) is 17.0 Å². The number of rotatable bonds is 3. The topological polar surface area (TPSA) is 37.3 Å². The Kier molecular flexibility index (Phi) is 3.24. The summed E-state index contributed by atoms with van der Waals surface area (Å²) in [7, 11) is 0. The van der Waals surface area contributed by atoms with E-state index in [0.717, 1.165) is 6.42 Å². The van der Waals surface area contributed by atoms with Crippen molar-refractivity contribution in [1.82, 2.24) is 0 Å². The Labute approximate surface area is 68.6 Å². The minimum Gasteiger partial charge on any atom is -0.383 e. The molecule has 0 aromatic rings. The Bertz CT molecular complexity index is 131. The van der Waals surface area contributed by atoms with Gasteiger partial charge in [0, 0.05) is 0 Å². The number of aldehydes is 1. The van der Waals surface area contributed by atoms with Crippen molar-refractivity contribution in [3.8, 4) is 0 Å². The molecule has 0 aromatic carbocycles. The molecule has 66 valence electrons. The van der Waals surface area contributed by atoms with Crippen molar-refractivity contribution >= 4 is 6.29 Å². The molecule has 0 saturated heterocycles. The van der Waals surface area contributed by atoms with Gasteiger partial charge >= 0.3 is 0 Å². The van der Waals surface area contributed by atoms with Crippen LogP contribution in [-0.2, 0) is 4.79 Å². The van der Waals surface area contributed by atoms with Crippen LogP contribution in [0.15, 0.2) is 0 Å². The zero-order valence-electron chi connectivity index (χ0n) is 7.85. The summed E-state index contributed by atoms with van der Waals surface area (Å²) in [5, 5.41) is 9.32. The van der Waals surface area contributed by atoms with Gasteiger partial charge in [0.1, 0.15) is 5.60 Å². The van der Waals surface area contributed by atoms with Gasteiger partial charge in [-0.2, -0.15) is 0 Å². The fraction of sp³-hybridized carbons (Fsp3) is 0.889. The summed E-state index contributed by atoms with van der Waals surface area (Å²) in [6.07, 6.45) is 2.01. The summed E-state index contributed by atoms with van der Waals surface area (Å²) < 4.78 is 0. The van der Waals surface area contributed by atoms with Gasteiger partial charge in [-0.25, -0.2) is 0 Å². The first-order valence-electron chi connectivity index (χ1n) is 3.96. The third kappa shape index (κ3) is 6.05. The molecule has 0 heterocycles. The van der Waals surface area contributed by atoms with Gasteiger partial charge in [0.25, 0.3) is 0 Å². The van der Waals surface area contributed by atoms with Crippen molar-refractivity contribution in [2.24, 2.45) is 5.41 Å². The van der Waals surface area contributed by atoms with Crippen LogP contribution in [0.25, 0.3) is 0 Å². The molecule has 0 amide bonds. The first-order chi connectivity index (χ1) is 4.77. The average Bonchev–Trinajstić information content (AvgIpc) is 1.83. The summed E-state index contributed by atoms with van der Waals surface area (Å²) in [6.45, 7) is 7.82. The van der Waals surface area contributed by atoms with Crippen LogP contribution in [0, 0.1) is 5.41 Å². The summed E-state index contributed by atoms with van der Waals surface area (Å²) >= 11 is 0. The monoisotopic (exact) mass is 158 g/mol. The van der Waals surface area contributed by atoms with Crippen molar-refractivity contribution in [2.45, 2.75) is 46.1 Å². The van der Waals surface area contributed by atoms with E-state index in [1.807, 2.05) is 0 Å². The SMILES string of the molecule is CC(C)(C)CCC(C)(O)C=O. The molecule has 0 fully saturated rings. The fourth-order valence-electron chi connectivity index (χ4n) is 0.687. The van der Waals surface area contributed by atoms with Crippen molar-refractivity contribution in [3.05, 3.63) is 0 Å². The summed E-state index contributed by atoms with van der Waals surface area (Å²) in [5.74, 6) is 0. The molecule has 0 spiro atoms. The van der Waals surface area contributed by atoms with Gasteiger partial charge in [-0.05, 0) is 25.2 Å². The van der Waals surface area contributed by atoms with Crippen LogP contribution < -0.4 is 0 Å². The highest BCUT2D eigenvalue weighted by Crippen LogP contribution is 2.24. The molecule has 0 aliphatic carbocycles. The van der Waals surface area contributed by atoms with Gasteiger partial charge < -0.3 is 9.90 Å². The Morgan fingerprint density at radius 1 is 1.18 bits per heavy atom. The van der Waals surface area contributed by atoms with E-state index in [0.29, 0.717) is 12.7 Å². The number of carbonyl (C=O) groups is 1. The van der Waals surface area contributed by atoms with E-state index in [9.17, 15) is 9.90 Å². The maximum absolute atomic E-state index is 10.3. The third-order valence-corrected chi connectivity index (χ3v) is 1.64. The first-order valence-corrected chi connectivity index (χ1v) is 3.96. The first kappa shape index (κ1) is 10.6. The number of hydrogen-bond acceptors (Lipinski definition) is 2.